The van der Waals surface area contributed by atoms with Crippen molar-refractivity contribution in [2.24, 2.45) is 32.6 Å². The lowest BCUT2D eigenvalue weighted by atomic mass is 10.5. The highest BCUT2D eigenvalue weighted by molar-refractivity contribution is 7.98. The second kappa shape index (κ2) is 7.61. The number of guanidine groups is 1. The van der Waals surface area contributed by atoms with Gasteiger partial charge in [0.1, 0.15) is 5.84 Å². The van der Waals surface area contributed by atoms with Crippen molar-refractivity contribution in [3.63, 3.8) is 0 Å². The fraction of sp³-hybridized carbons (Fsp3) is 0.375. The van der Waals surface area contributed by atoms with Crippen LogP contribution >= 0.6 is 23.1 Å². The third-order valence-electron chi connectivity index (χ3n) is 1.69. The first kappa shape index (κ1) is 14.4. The molecular weight excluding hydrogens is 274 g/mol. The first-order valence-corrected chi connectivity index (χ1v) is 6.91. The van der Waals surface area contributed by atoms with E-state index in [-0.39, 0.29) is 11.8 Å². The zero-order valence-corrected chi connectivity index (χ0v) is 11.1. The molecule has 0 amide bonds. The number of hydrogen-bond donors (Lipinski definition) is 3. The van der Waals surface area contributed by atoms with Gasteiger partial charge in [0, 0.05) is 23.3 Å². The molecule has 0 aromatic carbocycles. The van der Waals surface area contributed by atoms with Gasteiger partial charge in [0.2, 0.25) is 5.13 Å². The van der Waals surface area contributed by atoms with E-state index in [1.54, 1.807) is 11.8 Å². The molecule has 10 heteroatoms. The number of nitrogens with two attached hydrogens (primary N) is 3. The molecule has 0 saturated heterocycles. The van der Waals surface area contributed by atoms with Gasteiger partial charge in [-0.1, -0.05) is 5.10 Å². The molecule has 6 N–H and O–H groups in total. The van der Waals surface area contributed by atoms with E-state index in [1.807, 2.05) is 5.38 Å². The molecule has 0 saturated carbocycles. The second-order valence-electron chi connectivity index (χ2n) is 3.13. The van der Waals surface area contributed by atoms with Gasteiger partial charge < -0.3 is 17.2 Å². The predicted molar refractivity (Wildman–Crippen MR) is 75.8 cm³/mol. The molecule has 0 atom stereocenters. The lowest BCUT2D eigenvalue weighted by Crippen LogP contribution is -2.21. The number of hydrogen-bond acceptors (Lipinski definition) is 6. The van der Waals surface area contributed by atoms with Gasteiger partial charge in [0.25, 0.3) is 0 Å². The maximum atomic E-state index is 9.79. The summed E-state index contributed by atoms with van der Waals surface area (Å²) in [5, 5.41) is 7.98. The van der Waals surface area contributed by atoms with Crippen LogP contribution in [0, 0.1) is 4.91 Å². The molecule has 18 heavy (non-hydrogen) atoms. The topological polar surface area (TPSA) is 145 Å². The molecule has 0 aliphatic rings. The number of thioether (sulfide) groups is 1. The van der Waals surface area contributed by atoms with Crippen LogP contribution < -0.4 is 17.2 Å². The first-order valence-electron chi connectivity index (χ1n) is 4.88. The summed E-state index contributed by atoms with van der Waals surface area (Å²) in [7, 11) is 0. The van der Waals surface area contributed by atoms with Crippen LogP contribution in [0.4, 0.5) is 5.13 Å². The van der Waals surface area contributed by atoms with E-state index < -0.39 is 0 Å². The lowest BCUT2D eigenvalue weighted by molar-refractivity contribution is 1.14. The minimum absolute atomic E-state index is 0.00565. The molecule has 1 rings (SSSR count). The van der Waals surface area contributed by atoms with Gasteiger partial charge in [0.05, 0.1) is 11.0 Å². The van der Waals surface area contributed by atoms with Crippen molar-refractivity contribution in [2.75, 3.05) is 5.75 Å². The summed E-state index contributed by atoms with van der Waals surface area (Å²) in [5.41, 5.74) is 16.8. The summed E-state index contributed by atoms with van der Waals surface area (Å²) in [6.45, 7) is 0. The van der Waals surface area contributed by atoms with Crippen molar-refractivity contribution in [1.82, 2.24) is 4.98 Å². The fourth-order valence-electron chi connectivity index (χ4n) is 0.980. The fourth-order valence-corrected chi connectivity index (χ4v) is 2.65. The van der Waals surface area contributed by atoms with E-state index in [9.17, 15) is 4.91 Å². The van der Waals surface area contributed by atoms with Crippen LogP contribution in [-0.4, -0.2) is 22.5 Å². The third-order valence-corrected chi connectivity index (χ3v) is 3.46. The van der Waals surface area contributed by atoms with E-state index in [2.05, 4.69) is 20.4 Å². The summed E-state index contributed by atoms with van der Waals surface area (Å²) >= 11 is 3.00. The van der Waals surface area contributed by atoms with Crippen LogP contribution in [0.3, 0.4) is 0 Å². The van der Waals surface area contributed by atoms with Crippen molar-refractivity contribution in [1.29, 1.82) is 0 Å². The monoisotopic (exact) mass is 287 g/mol. The number of thiazole rings is 1. The van der Waals surface area contributed by atoms with Crippen LogP contribution in [0.5, 0.6) is 0 Å². The maximum Gasteiger partial charge on any atom is 0.212 e. The Morgan fingerprint density at radius 3 is 2.89 bits per heavy atom. The Bertz CT molecular complexity index is 452. The Hall–Kier alpha value is -1.68. The molecule has 1 aromatic heterocycles. The molecule has 0 unspecified atom stereocenters. The minimum atomic E-state index is -0.00565. The molecule has 0 aliphatic carbocycles. The van der Waals surface area contributed by atoms with Crippen LogP contribution in [-0.2, 0) is 5.75 Å². The van der Waals surface area contributed by atoms with Crippen molar-refractivity contribution >= 4 is 40.0 Å². The summed E-state index contributed by atoms with van der Waals surface area (Å²) in [5.74, 6) is 1.68. The Balaban J connectivity index is 2.32. The molecular formula is C8H13N7OS2. The molecule has 1 heterocycles. The lowest BCUT2D eigenvalue weighted by Gasteiger charge is -1.97. The second-order valence-corrected chi connectivity index (χ2v) is 5.08. The Morgan fingerprint density at radius 1 is 1.44 bits per heavy atom. The molecule has 0 fully saturated rings. The van der Waals surface area contributed by atoms with Gasteiger partial charge >= 0.3 is 0 Å². The Kier molecular flexibility index (Phi) is 6.08. The number of nitrogens with zero attached hydrogens (tertiary/aromatic N) is 4. The zero-order valence-electron chi connectivity index (χ0n) is 9.44. The van der Waals surface area contributed by atoms with E-state index in [1.165, 1.54) is 11.3 Å². The summed E-state index contributed by atoms with van der Waals surface area (Å²) in [6.07, 6.45) is 0.515. The van der Waals surface area contributed by atoms with Crippen LogP contribution in [0.15, 0.2) is 20.8 Å². The molecule has 0 radical (unpaired) electrons. The smallest absolute Gasteiger partial charge is 0.212 e. The maximum absolute atomic E-state index is 9.79. The molecule has 0 bridgehead atoms. The molecule has 8 nitrogen and oxygen atoms in total. The number of aliphatic imine (C=N–C) groups is 1. The highest BCUT2D eigenvalue weighted by Gasteiger charge is 2.02. The number of nitroso groups, excluding NO2 is 1. The zero-order chi connectivity index (χ0) is 13.4. The summed E-state index contributed by atoms with van der Waals surface area (Å²) in [6, 6.07) is 0. The number of aromatic nitrogens is 1. The average molecular weight is 287 g/mol. The van der Waals surface area contributed by atoms with Crippen LogP contribution in [0.1, 0.15) is 12.1 Å². The molecule has 0 aliphatic heterocycles. The number of amidine groups is 1. The quantitative estimate of drug-likeness (QED) is 0.221. The summed E-state index contributed by atoms with van der Waals surface area (Å²) in [4.78, 5) is 17.9. The van der Waals surface area contributed by atoms with Crippen molar-refractivity contribution < 1.29 is 0 Å². The highest BCUT2D eigenvalue weighted by Crippen LogP contribution is 2.21. The summed E-state index contributed by atoms with van der Waals surface area (Å²) < 4.78 is 0. The third kappa shape index (κ3) is 5.59. The van der Waals surface area contributed by atoms with E-state index >= 15 is 0 Å². The van der Waals surface area contributed by atoms with Crippen LogP contribution in [0.2, 0.25) is 0 Å². The van der Waals surface area contributed by atoms with Gasteiger partial charge in [0.15, 0.2) is 5.96 Å². The van der Waals surface area contributed by atoms with Gasteiger partial charge in [-0.15, -0.1) is 16.2 Å². The normalized spacial score (nSPS) is 11.2. The molecule has 1 aromatic rings. The van der Waals surface area contributed by atoms with Crippen molar-refractivity contribution in [3.8, 4) is 0 Å². The molecule has 0 spiro atoms. The van der Waals surface area contributed by atoms with Gasteiger partial charge in [-0.05, 0) is 0 Å². The van der Waals surface area contributed by atoms with E-state index in [0.717, 1.165) is 17.2 Å². The minimum Gasteiger partial charge on any atom is -0.386 e. The van der Waals surface area contributed by atoms with E-state index in [0.29, 0.717) is 11.6 Å². The Morgan fingerprint density at radius 2 is 2.22 bits per heavy atom. The van der Waals surface area contributed by atoms with Gasteiger partial charge in [-0.3, -0.25) is 0 Å². The van der Waals surface area contributed by atoms with Gasteiger partial charge in [-0.2, -0.15) is 16.8 Å². The molecule has 98 valence electrons. The first-order chi connectivity index (χ1) is 8.61. The predicted octanol–water partition coefficient (Wildman–Crippen LogP) is 0.710. The van der Waals surface area contributed by atoms with Crippen molar-refractivity contribution in [3.05, 3.63) is 16.0 Å². The van der Waals surface area contributed by atoms with E-state index in [4.69, 9.17) is 17.2 Å². The van der Waals surface area contributed by atoms with Gasteiger partial charge in [-0.25, -0.2) is 4.98 Å². The Labute approximate surface area is 112 Å². The highest BCUT2D eigenvalue weighted by atomic mass is 32.2. The van der Waals surface area contributed by atoms with Crippen molar-refractivity contribution in [2.45, 2.75) is 12.2 Å². The SMILES string of the molecule is NC(N)=Nc1nc(CSCC/C(N)=N/N=O)cs1. The largest absolute Gasteiger partial charge is 0.386 e. The average Bonchev–Trinajstić information content (AvgIpc) is 2.71. The number of rotatable bonds is 7. The standard InChI is InChI=1S/C8H13N7OS2/c9-6(14-15-16)1-2-17-3-5-4-18-8(12-5)13-7(10)11/h4H,1-3H2,(H2,9,14,16)(H4,10,11,12,13). The van der Waals surface area contributed by atoms with Crippen LogP contribution in [0.25, 0.3) is 0 Å².